The van der Waals surface area contributed by atoms with Crippen LogP contribution in [0.25, 0.3) is 0 Å². The van der Waals surface area contributed by atoms with Crippen LogP contribution in [0.3, 0.4) is 0 Å². The van der Waals surface area contributed by atoms with Crippen LogP contribution in [-0.4, -0.2) is 27.7 Å². The standard InChI is InChI=1S/C11H18N2O2/c1-8-6-4-5-7-11(8)12-13(9(2)14)10(3)15/h4-7,9-10,12,14-15H,1-3H3. The van der Waals surface area contributed by atoms with Gasteiger partial charge in [-0.3, -0.25) is 0 Å². The molecule has 0 saturated carbocycles. The van der Waals surface area contributed by atoms with E-state index in [1.165, 1.54) is 5.01 Å². The molecule has 0 spiro atoms. The third kappa shape index (κ3) is 3.20. The molecule has 1 aromatic rings. The largest absolute Gasteiger partial charge is 0.377 e. The van der Waals surface area contributed by atoms with Gasteiger partial charge in [-0.1, -0.05) is 18.2 Å². The normalized spacial score (nSPS) is 15.1. The van der Waals surface area contributed by atoms with Gasteiger partial charge >= 0.3 is 0 Å². The van der Waals surface area contributed by atoms with Crippen LogP contribution in [0.15, 0.2) is 24.3 Å². The maximum absolute atomic E-state index is 9.44. The summed E-state index contributed by atoms with van der Waals surface area (Å²) < 4.78 is 0. The van der Waals surface area contributed by atoms with Crippen molar-refractivity contribution in [2.75, 3.05) is 5.43 Å². The first-order valence-corrected chi connectivity index (χ1v) is 4.99. The van der Waals surface area contributed by atoms with E-state index in [-0.39, 0.29) is 0 Å². The average molecular weight is 210 g/mol. The molecule has 2 atom stereocenters. The highest BCUT2D eigenvalue weighted by Gasteiger charge is 2.16. The number of hydrogen-bond donors (Lipinski definition) is 3. The smallest absolute Gasteiger partial charge is 0.124 e. The van der Waals surface area contributed by atoms with Crippen LogP contribution in [-0.2, 0) is 0 Å². The molecule has 0 fully saturated rings. The van der Waals surface area contributed by atoms with Gasteiger partial charge in [0.1, 0.15) is 12.5 Å². The highest BCUT2D eigenvalue weighted by atomic mass is 16.3. The molecule has 4 nitrogen and oxygen atoms in total. The minimum absolute atomic E-state index is 0.760. The second-order valence-electron chi connectivity index (χ2n) is 3.60. The Hall–Kier alpha value is -1.10. The number of benzene rings is 1. The maximum atomic E-state index is 9.44. The molecule has 0 amide bonds. The van der Waals surface area contributed by atoms with Crippen molar-refractivity contribution in [2.45, 2.75) is 33.2 Å². The number of aliphatic hydroxyl groups is 2. The molecule has 0 bridgehead atoms. The lowest BCUT2D eigenvalue weighted by molar-refractivity contribution is -0.0672. The zero-order valence-electron chi connectivity index (χ0n) is 9.31. The van der Waals surface area contributed by atoms with Gasteiger partial charge in [-0.15, -0.1) is 0 Å². The zero-order chi connectivity index (χ0) is 11.4. The molecule has 3 N–H and O–H groups in total. The Morgan fingerprint density at radius 3 is 2.13 bits per heavy atom. The molecule has 4 heteroatoms. The Morgan fingerprint density at radius 1 is 1.13 bits per heavy atom. The molecule has 0 saturated heterocycles. The fourth-order valence-electron chi connectivity index (χ4n) is 1.34. The van der Waals surface area contributed by atoms with Crippen molar-refractivity contribution in [1.82, 2.24) is 5.01 Å². The van der Waals surface area contributed by atoms with Crippen LogP contribution in [0.1, 0.15) is 19.4 Å². The van der Waals surface area contributed by atoms with E-state index in [1.54, 1.807) is 13.8 Å². The SMILES string of the molecule is Cc1ccccc1NN(C(C)O)C(C)O. The quantitative estimate of drug-likeness (QED) is 0.518. The van der Waals surface area contributed by atoms with Gasteiger partial charge in [0.25, 0.3) is 0 Å². The molecule has 0 aliphatic rings. The van der Waals surface area contributed by atoms with E-state index in [4.69, 9.17) is 0 Å². The number of nitrogens with one attached hydrogen (secondary N) is 1. The van der Waals surface area contributed by atoms with Gasteiger partial charge in [-0.05, 0) is 32.4 Å². The molecule has 0 aliphatic heterocycles. The van der Waals surface area contributed by atoms with Crippen LogP contribution in [0.5, 0.6) is 0 Å². The Kier molecular flexibility index (Phi) is 4.08. The number of rotatable bonds is 4. The number of anilines is 1. The van der Waals surface area contributed by atoms with Crippen molar-refractivity contribution in [2.24, 2.45) is 0 Å². The summed E-state index contributed by atoms with van der Waals surface area (Å²) in [6.07, 6.45) is -1.52. The lowest BCUT2D eigenvalue weighted by Gasteiger charge is -2.29. The van der Waals surface area contributed by atoms with Crippen molar-refractivity contribution in [3.05, 3.63) is 29.8 Å². The molecule has 0 aromatic heterocycles. The average Bonchev–Trinajstić information content (AvgIpc) is 2.15. The predicted molar refractivity (Wildman–Crippen MR) is 60.0 cm³/mol. The van der Waals surface area contributed by atoms with Crippen molar-refractivity contribution >= 4 is 5.69 Å². The Bertz CT molecular complexity index is 305. The highest BCUT2D eigenvalue weighted by Crippen LogP contribution is 2.15. The fraction of sp³-hybridized carbons (Fsp3) is 0.455. The van der Waals surface area contributed by atoms with Gasteiger partial charge < -0.3 is 15.6 Å². The van der Waals surface area contributed by atoms with Gasteiger partial charge in [0.2, 0.25) is 0 Å². The second kappa shape index (κ2) is 5.11. The van der Waals surface area contributed by atoms with Crippen molar-refractivity contribution in [3.8, 4) is 0 Å². The zero-order valence-corrected chi connectivity index (χ0v) is 9.31. The summed E-state index contributed by atoms with van der Waals surface area (Å²) in [7, 11) is 0. The van der Waals surface area contributed by atoms with E-state index in [1.807, 2.05) is 31.2 Å². The molecular formula is C11H18N2O2. The molecule has 1 rings (SSSR count). The topological polar surface area (TPSA) is 55.7 Å². The van der Waals surface area contributed by atoms with Crippen molar-refractivity contribution in [1.29, 1.82) is 0 Å². The number of nitrogens with zero attached hydrogens (tertiary/aromatic N) is 1. The fourth-order valence-corrected chi connectivity index (χ4v) is 1.34. The molecule has 0 heterocycles. The lowest BCUT2D eigenvalue weighted by atomic mass is 10.2. The third-order valence-corrected chi connectivity index (χ3v) is 2.20. The van der Waals surface area contributed by atoms with E-state index in [9.17, 15) is 10.2 Å². The van der Waals surface area contributed by atoms with Crippen LogP contribution >= 0.6 is 0 Å². The van der Waals surface area contributed by atoms with E-state index >= 15 is 0 Å². The predicted octanol–water partition coefficient (Wildman–Crippen LogP) is 1.30. The second-order valence-corrected chi connectivity index (χ2v) is 3.60. The summed E-state index contributed by atoms with van der Waals surface area (Å²) in [4.78, 5) is 0. The lowest BCUT2D eigenvalue weighted by Crippen LogP contribution is -2.44. The summed E-state index contributed by atoms with van der Waals surface area (Å²) >= 11 is 0. The van der Waals surface area contributed by atoms with Crippen LogP contribution in [0.2, 0.25) is 0 Å². The van der Waals surface area contributed by atoms with Gasteiger partial charge in [0.05, 0.1) is 5.69 Å². The van der Waals surface area contributed by atoms with Crippen LogP contribution in [0.4, 0.5) is 5.69 Å². The van der Waals surface area contributed by atoms with E-state index < -0.39 is 12.5 Å². The van der Waals surface area contributed by atoms with Crippen molar-refractivity contribution < 1.29 is 10.2 Å². The first-order chi connectivity index (χ1) is 7.02. The molecular weight excluding hydrogens is 192 g/mol. The number of para-hydroxylation sites is 1. The van der Waals surface area contributed by atoms with E-state index in [2.05, 4.69) is 5.43 Å². The van der Waals surface area contributed by atoms with E-state index in [0.717, 1.165) is 11.3 Å². The molecule has 0 aliphatic carbocycles. The van der Waals surface area contributed by atoms with Gasteiger partial charge in [0, 0.05) is 0 Å². The summed E-state index contributed by atoms with van der Waals surface area (Å²) in [6.45, 7) is 5.15. The Labute approximate surface area is 90.1 Å². The van der Waals surface area contributed by atoms with Crippen molar-refractivity contribution in [3.63, 3.8) is 0 Å². The Morgan fingerprint density at radius 2 is 1.67 bits per heavy atom. The summed E-state index contributed by atoms with van der Waals surface area (Å²) in [6, 6.07) is 7.70. The minimum atomic E-state index is -0.760. The molecule has 0 radical (unpaired) electrons. The summed E-state index contributed by atoms with van der Waals surface area (Å²) in [5.41, 5.74) is 4.91. The minimum Gasteiger partial charge on any atom is -0.377 e. The number of hydrogen-bond acceptors (Lipinski definition) is 4. The number of hydrazine groups is 1. The summed E-state index contributed by atoms with van der Waals surface area (Å²) in [5, 5.41) is 20.3. The molecule has 84 valence electrons. The number of aliphatic hydroxyl groups excluding tert-OH is 2. The number of aryl methyl sites for hydroxylation is 1. The molecule has 2 unspecified atom stereocenters. The highest BCUT2D eigenvalue weighted by molar-refractivity contribution is 5.49. The van der Waals surface area contributed by atoms with Crippen LogP contribution < -0.4 is 5.43 Å². The third-order valence-electron chi connectivity index (χ3n) is 2.20. The monoisotopic (exact) mass is 210 g/mol. The molecule has 15 heavy (non-hydrogen) atoms. The maximum Gasteiger partial charge on any atom is 0.124 e. The van der Waals surface area contributed by atoms with E-state index in [0.29, 0.717) is 0 Å². The van der Waals surface area contributed by atoms with Gasteiger partial charge in [-0.25, -0.2) is 0 Å². The first kappa shape index (κ1) is 12.0. The Balaban J connectivity index is 2.79. The van der Waals surface area contributed by atoms with Crippen LogP contribution in [0, 0.1) is 6.92 Å². The van der Waals surface area contributed by atoms with Gasteiger partial charge in [-0.2, -0.15) is 5.01 Å². The summed E-state index contributed by atoms with van der Waals surface area (Å²) in [5.74, 6) is 0. The molecule has 1 aromatic carbocycles. The van der Waals surface area contributed by atoms with Gasteiger partial charge in [0.15, 0.2) is 0 Å². The first-order valence-electron chi connectivity index (χ1n) is 4.99.